The summed E-state index contributed by atoms with van der Waals surface area (Å²) >= 11 is 0. The summed E-state index contributed by atoms with van der Waals surface area (Å²) < 4.78 is 21.0. The molecule has 1 aliphatic carbocycles. The molecule has 35 heavy (non-hydrogen) atoms. The molecule has 1 unspecified atom stereocenters. The van der Waals surface area contributed by atoms with Crippen LogP contribution >= 0.6 is 0 Å². The fraction of sp³-hybridized carbons (Fsp3) is 0.793. The maximum atomic E-state index is 7.11. The lowest BCUT2D eigenvalue weighted by Gasteiger charge is -2.42. The third-order valence-corrected chi connectivity index (χ3v) is 22.5. The molecule has 0 aromatic heterocycles. The van der Waals surface area contributed by atoms with E-state index >= 15 is 0 Å². The Morgan fingerprint density at radius 2 is 1.03 bits per heavy atom. The molecular formula is C29H56O3Si3. The molecular weight excluding hydrogens is 481 g/mol. The number of fused-ring (bicyclic) bond motifs is 1. The van der Waals surface area contributed by atoms with Crippen LogP contribution in [-0.2, 0) is 10.8 Å². The molecule has 0 radical (unpaired) electrons. The first-order valence-electron chi connectivity index (χ1n) is 13.4. The SMILES string of the molecule is CC1(C)Cc2cc(O[Si](C)(C)C(C)(C)C)c(O[Si](C)(C)C(C)(C)C)cc2C1O[Si](C)(C)C(C)(C)C. The van der Waals surface area contributed by atoms with Gasteiger partial charge in [-0.3, -0.25) is 0 Å². The van der Waals surface area contributed by atoms with Crippen LogP contribution in [0.15, 0.2) is 12.1 Å². The van der Waals surface area contributed by atoms with E-state index in [1.807, 2.05) is 0 Å². The molecule has 0 spiro atoms. The second kappa shape index (κ2) is 9.02. The quantitative estimate of drug-likeness (QED) is 0.338. The molecule has 1 atom stereocenters. The smallest absolute Gasteiger partial charge is 0.250 e. The lowest BCUT2D eigenvalue weighted by molar-refractivity contribution is 0.0762. The highest BCUT2D eigenvalue weighted by Crippen LogP contribution is 2.54. The summed E-state index contributed by atoms with van der Waals surface area (Å²) in [6, 6.07) is 4.60. The van der Waals surface area contributed by atoms with E-state index < -0.39 is 25.0 Å². The van der Waals surface area contributed by atoms with Crippen molar-refractivity contribution in [3.63, 3.8) is 0 Å². The van der Waals surface area contributed by atoms with E-state index in [9.17, 15) is 0 Å². The third-order valence-electron chi connectivity index (χ3n) is 9.41. The zero-order valence-electron chi connectivity index (χ0n) is 26.2. The predicted octanol–water partition coefficient (Wildman–Crippen LogP) is 10.1. The maximum Gasteiger partial charge on any atom is 0.250 e. The molecule has 0 heterocycles. The summed E-state index contributed by atoms with van der Waals surface area (Å²) in [6.07, 6.45) is 1.07. The van der Waals surface area contributed by atoms with Gasteiger partial charge in [0.1, 0.15) is 11.5 Å². The average Bonchev–Trinajstić information content (AvgIpc) is 2.81. The highest BCUT2D eigenvalue weighted by atomic mass is 28.4. The van der Waals surface area contributed by atoms with Crippen molar-refractivity contribution in [2.75, 3.05) is 0 Å². The Morgan fingerprint density at radius 1 is 0.657 bits per heavy atom. The molecule has 0 fully saturated rings. The maximum absolute atomic E-state index is 7.11. The summed E-state index contributed by atoms with van der Waals surface area (Å²) in [5, 5.41) is 0.391. The Labute approximate surface area is 221 Å². The second-order valence-electron chi connectivity index (χ2n) is 16.1. The Hall–Kier alpha value is -0.569. The van der Waals surface area contributed by atoms with Crippen LogP contribution < -0.4 is 8.85 Å². The summed E-state index contributed by atoms with van der Waals surface area (Å²) in [5.74, 6) is 1.85. The summed E-state index contributed by atoms with van der Waals surface area (Å²) in [4.78, 5) is 0. The van der Waals surface area contributed by atoms with Gasteiger partial charge in [0, 0.05) is 0 Å². The minimum absolute atomic E-state index is 0.0295. The normalized spacial score (nSPS) is 19.5. The van der Waals surface area contributed by atoms with E-state index in [2.05, 4.69) is 128 Å². The standard InChI is InChI=1S/C29H56O3Si3/c1-26(2,3)33(12,13)30-23-18-21-20-29(10,11)25(32-35(16,17)28(7,8)9)22(21)19-24(23)31-34(14,15)27(4,5)6/h18-19,25H,20H2,1-17H3. The number of hydrogen-bond acceptors (Lipinski definition) is 3. The fourth-order valence-corrected chi connectivity index (χ4v) is 7.15. The Kier molecular flexibility index (Phi) is 7.90. The molecule has 0 saturated carbocycles. The van der Waals surface area contributed by atoms with Gasteiger partial charge in [-0.25, -0.2) is 0 Å². The highest BCUT2D eigenvalue weighted by molar-refractivity contribution is 6.75. The molecule has 6 heteroatoms. The zero-order valence-corrected chi connectivity index (χ0v) is 29.2. The Morgan fingerprint density at radius 3 is 1.40 bits per heavy atom. The van der Waals surface area contributed by atoms with Crippen LogP contribution in [0.5, 0.6) is 11.5 Å². The van der Waals surface area contributed by atoms with Gasteiger partial charge in [-0.2, -0.15) is 0 Å². The van der Waals surface area contributed by atoms with E-state index in [4.69, 9.17) is 13.3 Å². The molecule has 2 rings (SSSR count). The van der Waals surface area contributed by atoms with Crippen LogP contribution in [0.1, 0.15) is 93.4 Å². The molecule has 3 nitrogen and oxygen atoms in total. The second-order valence-corrected chi connectivity index (χ2v) is 30.4. The van der Waals surface area contributed by atoms with Gasteiger partial charge in [0.25, 0.3) is 16.6 Å². The van der Waals surface area contributed by atoms with Gasteiger partial charge in [-0.15, -0.1) is 0 Å². The van der Waals surface area contributed by atoms with Crippen molar-refractivity contribution >= 4 is 25.0 Å². The molecule has 0 saturated heterocycles. The van der Waals surface area contributed by atoms with E-state index in [0.717, 1.165) is 17.9 Å². The molecule has 1 aromatic carbocycles. The van der Waals surface area contributed by atoms with Crippen molar-refractivity contribution in [1.29, 1.82) is 0 Å². The van der Waals surface area contributed by atoms with Gasteiger partial charge in [0.05, 0.1) is 6.10 Å². The van der Waals surface area contributed by atoms with Crippen LogP contribution in [0.2, 0.25) is 54.4 Å². The van der Waals surface area contributed by atoms with Crippen molar-refractivity contribution in [2.24, 2.45) is 5.41 Å². The summed E-state index contributed by atoms with van der Waals surface area (Å²) in [6.45, 7) is 39.5. The van der Waals surface area contributed by atoms with Gasteiger partial charge in [-0.1, -0.05) is 76.2 Å². The van der Waals surface area contributed by atoms with Gasteiger partial charge in [0.2, 0.25) is 0 Å². The van der Waals surface area contributed by atoms with Gasteiger partial charge in [-0.05, 0) is 89.5 Å². The zero-order chi connectivity index (χ0) is 27.6. The van der Waals surface area contributed by atoms with Crippen molar-refractivity contribution in [3.05, 3.63) is 23.3 Å². The van der Waals surface area contributed by atoms with Crippen LogP contribution in [0, 0.1) is 5.41 Å². The van der Waals surface area contributed by atoms with Crippen LogP contribution in [0.3, 0.4) is 0 Å². The Balaban J connectivity index is 2.68. The Bertz CT molecular complexity index is 926. The number of rotatable bonds is 6. The van der Waals surface area contributed by atoms with Gasteiger partial charge < -0.3 is 13.3 Å². The molecule has 1 aromatic rings. The van der Waals surface area contributed by atoms with Crippen LogP contribution in [0.25, 0.3) is 0 Å². The number of benzene rings is 1. The molecule has 1 aliphatic rings. The van der Waals surface area contributed by atoms with Crippen molar-refractivity contribution in [3.8, 4) is 11.5 Å². The van der Waals surface area contributed by atoms with Gasteiger partial charge >= 0.3 is 0 Å². The lowest BCUT2D eigenvalue weighted by atomic mass is 9.87. The molecule has 202 valence electrons. The minimum Gasteiger partial charge on any atom is -0.541 e. The number of hydrogen-bond donors (Lipinski definition) is 0. The van der Waals surface area contributed by atoms with Crippen molar-refractivity contribution < 1.29 is 13.3 Å². The molecule has 0 bridgehead atoms. The molecule has 0 amide bonds. The van der Waals surface area contributed by atoms with Crippen LogP contribution in [0.4, 0.5) is 0 Å². The predicted molar refractivity (Wildman–Crippen MR) is 161 cm³/mol. The van der Waals surface area contributed by atoms with Crippen molar-refractivity contribution in [1.82, 2.24) is 0 Å². The fourth-order valence-electron chi connectivity index (χ4n) is 3.73. The lowest BCUT2D eigenvalue weighted by Crippen LogP contribution is -2.46. The van der Waals surface area contributed by atoms with E-state index in [1.54, 1.807) is 0 Å². The summed E-state index contributed by atoms with van der Waals surface area (Å²) in [5.41, 5.74) is 2.69. The largest absolute Gasteiger partial charge is 0.541 e. The van der Waals surface area contributed by atoms with E-state index in [0.29, 0.717) is 0 Å². The first-order chi connectivity index (χ1) is 15.2. The van der Waals surface area contributed by atoms with E-state index in [1.165, 1.54) is 11.1 Å². The van der Waals surface area contributed by atoms with Crippen LogP contribution in [-0.4, -0.2) is 25.0 Å². The van der Waals surface area contributed by atoms with Gasteiger partial charge in [0.15, 0.2) is 8.32 Å². The van der Waals surface area contributed by atoms with E-state index in [-0.39, 0.29) is 26.6 Å². The highest BCUT2D eigenvalue weighted by Gasteiger charge is 2.48. The molecule has 0 N–H and O–H groups in total. The third kappa shape index (κ3) is 6.30. The summed E-state index contributed by atoms with van der Waals surface area (Å²) in [7, 11) is -6.05. The molecule has 0 aliphatic heterocycles. The topological polar surface area (TPSA) is 27.7 Å². The first kappa shape index (κ1) is 30.7. The minimum atomic E-state index is -2.06. The van der Waals surface area contributed by atoms with Crippen molar-refractivity contribution in [2.45, 2.75) is 143 Å². The average molecular weight is 537 g/mol. The first-order valence-corrected chi connectivity index (χ1v) is 22.2. The monoisotopic (exact) mass is 536 g/mol.